The minimum Gasteiger partial charge on any atom is -0.496 e. The number of methoxy groups -OCH3 is 1. The highest BCUT2D eigenvalue weighted by molar-refractivity contribution is 5.82. The summed E-state index contributed by atoms with van der Waals surface area (Å²) in [7, 11) is 1.62. The van der Waals surface area contributed by atoms with E-state index >= 15 is 0 Å². The summed E-state index contributed by atoms with van der Waals surface area (Å²) in [5.74, 6) is 0.388. The van der Waals surface area contributed by atoms with Gasteiger partial charge in [-0.1, -0.05) is 17.7 Å². The summed E-state index contributed by atoms with van der Waals surface area (Å²) in [5, 5.41) is 3.27. The SMILES string of the molecule is COc1ccc(C)cc1C(C(N)=O)N1CCNCC1. The maximum Gasteiger partial charge on any atom is 0.239 e. The molecule has 19 heavy (non-hydrogen) atoms. The molecule has 1 aliphatic heterocycles. The molecule has 1 aromatic carbocycles. The van der Waals surface area contributed by atoms with Gasteiger partial charge < -0.3 is 15.8 Å². The largest absolute Gasteiger partial charge is 0.496 e. The monoisotopic (exact) mass is 263 g/mol. The molecule has 0 aliphatic carbocycles. The van der Waals surface area contributed by atoms with Crippen LogP contribution in [0.4, 0.5) is 0 Å². The zero-order chi connectivity index (χ0) is 13.8. The summed E-state index contributed by atoms with van der Waals surface area (Å²) < 4.78 is 5.37. The van der Waals surface area contributed by atoms with Crippen LogP contribution < -0.4 is 15.8 Å². The van der Waals surface area contributed by atoms with Gasteiger partial charge in [0.05, 0.1) is 7.11 Å². The van der Waals surface area contributed by atoms with Crippen molar-refractivity contribution < 1.29 is 9.53 Å². The summed E-state index contributed by atoms with van der Waals surface area (Å²) in [6.45, 7) is 5.37. The fourth-order valence-corrected chi connectivity index (χ4v) is 2.54. The molecule has 104 valence electrons. The number of carbonyl (C=O) groups is 1. The Bertz CT molecular complexity index is 456. The third-order valence-electron chi connectivity index (χ3n) is 3.47. The van der Waals surface area contributed by atoms with Crippen LogP contribution in [0.1, 0.15) is 17.2 Å². The van der Waals surface area contributed by atoms with E-state index in [2.05, 4.69) is 10.2 Å². The molecule has 0 radical (unpaired) electrons. The molecular formula is C14H21N3O2. The number of rotatable bonds is 4. The number of carbonyl (C=O) groups excluding carboxylic acids is 1. The molecule has 0 spiro atoms. The first kappa shape index (κ1) is 13.8. The zero-order valence-electron chi connectivity index (χ0n) is 11.5. The number of amides is 1. The van der Waals surface area contributed by atoms with E-state index < -0.39 is 6.04 Å². The van der Waals surface area contributed by atoms with Crippen molar-refractivity contribution in [2.75, 3.05) is 33.3 Å². The molecule has 0 aromatic heterocycles. The van der Waals surface area contributed by atoms with Gasteiger partial charge in [0.25, 0.3) is 0 Å². The van der Waals surface area contributed by atoms with Crippen LogP contribution in [0.3, 0.4) is 0 Å². The van der Waals surface area contributed by atoms with E-state index in [1.54, 1.807) is 7.11 Å². The second-order valence-electron chi connectivity index (χ2n) is 4.84. The molecular weight excluding hydrogens is 242 g/mol. The summed E-state index contributed by atoms with van der Waals surface area (Å²) in [5.41, 5.74) is 7.57. The van der Waals surface area contributed by atoms with E-state index in [1.165, 1.54) is 0 Å². The van der Waals surface area contributed by atoms with Crippen molar-refractivity contribution in [3.63, 3.8) is 0 Å². The lowest BCUT2D eigenvalue weighted by molar-refractivity contribution is -0.123. The van der Waals surface area contributed by atoms with E-state index in [0.29, 0.717) is 5.75 Å². The average Bonchev–Trinajstić information content (AvgIpc) is 2.40. The Labute approximate surface area is 113 Å². The number of nitrogens with one attached hydrogen (secondary N) is 1. The minimum atomic E-state index is -0.419. The summed E-state index contributed by atoms with van der Waals surface area (Å²) in [6.07, 6.45) is 0. The molecule has 0 bridgehead atoms. The highest BCUT2D eigenvalue weighted by Gasteiger charge is 2.29. The molecule has 1 atom stereocenters. The Morgan fingerprint density at radius 2 is 2.11 bits per heavy atom. The Morgan fingerprint density at radius 1 is 1.42 bits per heavy atom. The summed E-state index contributed by atoms with van der Waals surface area (Å²) in [6, 6.07) is 5.42. The van der Waals surface area contributed by atoms with Gasteiger partial charge >= 0.3 is 0 Å². The highest BCUT2D eigenvalue weighted by Crippen LogP contribution is 2.30. The third-order valence-corrected chi connectivity index (χ3v) is 3.47. The van der Waals surface area contributed by atoms with Gasteiger partial charge in [0.1, 0.15) is 11.8 Å². The van der Waals surface area contributed by atoms with Gasteiger partial charge in [0.15, 0.2) is 0 Å². The number of nitrogens with zero attached hydrogens (tertiary/aromatic N) is 1. The highest BCUT2D eigenvalue weighted by atomic mass is 16.5. The number of ether oxygens (including phenoxy) is 1. The molecule has 1 heterocycles. The van der Waals surface area contributed by atoms with E-state index in [-0.39, 0.29) is 5.91 Å². The number of hydrogen-bond donors (Lipinski definition) is 2. The van der Waals surface area contributed by atoms with Crippen LogP contribution in [0.25, 0.3) is 0 Å². The normalized spacial score (nSPS) is 18.0. The van der Waals surface area contributed by atoms with E-state index in [0.717, 1.165) is 37.3 Å². The maximum absolute atomic E-state index is 11.9. The first-order valence-corrected chi connectivity index (χ1v) is 6.52. The Hall–Kier alpha value is -1.59. The number of aryl methyl sites for hydroxylation is 1. The van der Waals surface area contributed by atoms with Gasteiger partial charge in [-0.25, -0.2) is 0 Å². The molecule has 1 unspecified atom stereocenters. The Balaban J connectivity index is 2.37. The van der Waals surface area contributed by atoms with Gasteiger partial charge in [0.2, 0.25) is 5.91 Å². The van der Waals surface area contributed by atoms with Crippen LogP contribution in [-0.2, 0) is 4.79 Å². The zero-order valence-corrected chi connectivity index (χ0v) is 11.5. The van der Waals surface area contributed by atoms with E-state index in [1.807, 2.05) is 25.1 Å². The Kier molecular flexibility index (Phi) is 4.39. The van der Waals surface area contributed by atoms with Crippen molar-refractivity contribution in [3.05, 3.63) is 29.3 Å². The number of primary amides is 1. The molecule has 5 heteroatoms. The lowest BCUT2D eigenvalue weighted by atomic mass is 10.0. The van der Waals surface area contributed by atoms with E-state index in [4.69, 9.17) is 10.5 Å². The second-order valence-corrected chi connectivity index (χ2v) is 4.84. The number of nitrogens with two attached hydrogens (primary N) is 1. The van der Waals surface area contributed by atoms with Crippen LogP contribution in [0.15, 0.2) is 18.2 Å². The fourth-order valence-electron chi connectivity index (χ4n) is 2.54. The molecule has 1 fully saturated rings. The van der Waals surface area contributed by atoms with Crippen LogP contribution in [-0.4, -0.2) is 44.1 Å². The Morgan fingerprint density at radius 3 is 2.68 bits per heavy atom. The van der Waals surface area contributed by atoms with Crippen LogP contribution >= 0.6 is 0 Å². The van der Waals surface area contributed by atoms with Crippen molar-refractivity contribution in [2.24, 2.45) is 5.73 Å². The standard InChI is InChI=1S/C14H21N3O2/c1-10-3-4-12(19-2)11(9-10)13(14(15)18)17-7-5-16-6-8-17/h3-4,9,13,16H,5-8H2,1-2H3,(H2,15,18). The topological polar surface area (TPSA) is 67.6 Å². The van der Waals surface area contributed by atoms with Gasteiger partial charge in [0, 0.05) is 31.7 Å². The van der Waals surface area contributed by atoms with Gasteiger partial charge in [-0.2, -0.15) is 0 Å². The lowest BCUT2D eigenvalue weighted by Gasteiger charge is -2.33. The second kappa shape index (κ2) is 6.04. The third kappa shape index (κ3) is 3.05. The summed E-state index contributed by atoms with van der Waals surface area (Å²) >= 11 is 0. The van der Waals surface area contributed by atoms with Gasteiger partial charge in [-0.15, -0.1) is 0 Å². The molecule has 1 amide bonds. The van der Waals surface area contributed by atoms with Crippen molar-refractivity contribution in [3.8, 4) is 5.75 Å². The molecule has 0 saturated carbocycles. The van der Waals surface area contributed by atoms with Crippen LogP contribution in [0.5, 0.6) is 5.75 Å². The predicted molar refractivity (Wildman–Crippen MR) is 74.1 cm³/mol. The van der Waals surface area contributed by atoms with Crippen molar-refractivity contribution >= 4 is 5.91 Å². The first-order chi connectivity index (χ1) is 9.13. The molecule has 1 saturated heterocycles. The van der Waals surface area contributed by atoms with Crippen LogP contribution in [0, 0.1) is 6.92 Å². The quantitative estimate of drug-likeness (QED) is 0.827. The molecule has 1 aromatic rings. The molecule has 5 nitrogen and oxygen atoms in total. The minimum absolute atomic E-state index is 0.328. The smallest absolute Gasteiger partial charge is 0.239 e. The lowest BCUT2D eigenvalue weighted by Crippen LogP contribution is -2.48. The summed E-state index contributed by atoms with van der Waals surface area (Å²) in [4.78, 5) is 14.0. The number of hydrogen-bond acceptors (Lipinski definition) is 4. The maximum atomic E-state index is 11.9. The van der Waals surface area contributed by atoms with E-state index in [9.17, 15) is 4.79 Å². The molecule has 2 rings (SSSR count). The van der Waals surface area contributed by atoms with Crippen LogP contribution in [0.2, 0.25) is 0 Å². The van der Waals surface area contributed by atoms with Crippen molar-refractivity contribution in [1.29, 1.82) is 0 Å². The van der Waals surface area contributed by atoms with Gasteiger partial charge in [-0.05, 0) is 13.0 Å². The molecule has 3 N–H and O–H groups in total. The van der Waals surface area contributed by atoms with Gasteiger partial charge in [-0.3, -0.25) is 9.69 Å². The molecule has 1 aliphatic rings. The van der Waals surface area contributed by atoms with Crippen molar-refractivity contribution in [1.82, 2.24) is 10.2 Å². The number of benzene rings is 1. The predicted octanol–water partition coefficient (Wildman–Crippen LogP) is 0.435. The fraction of sp³-hybridized carbons (Fsp3) is 0.500. The average molecular weight is 263 g/mol. The van der Waals surface area contributed by atoms with Crippen molar-refractivity contribution in [2.45, 2.75) is 13.0 Å². The first-order valence-electron chi connectivity index (χ1n) is 6.52. The number of piperazine rings is 1.